The maximum absolute atomic E-state index is 5.85. The lowest BCUT2D eigenvalue weighted by Crippen LogP contribution is -2.68. The summed E-state index contributed by atoms with van der Waals surface area (Å²) in [4.78, 5) is 0. The Morgan fingerprint density at radius 1 is 1.47 bits per heavy atom. The summed E-state index contributed by atoms with van der Waals surface area (Å²) in [6.07, 6.45) is 13.4. The van der Waals surface area contributed by atoms with E-state index in [9.17, 15) is 0 Å². The fraction of sp³-hybridized carbons (Fsp3) is 0.867. The van der Waals surface area contributed by atoms with Gasteiger partial charge in [-0.05, 0) is 32.6 Å². The maximum atomic E-state index is 5.85. The Labute approximate surface area is 105 Å². The van der Waals surface area contributed by atoms with Gasteiger partial charge in [-0.2, -0.15) is 0 Å². The number of hydrogen-bond donors (Lipinski definition) is 1. The number of nitrogens with one attached hydrogen (secondary N) is 1. The van der Waals surface area contributed by atoms with Crippen molar-refractivity contribution in [1.82, 2.24) is 5.32 Å². The lowest BCUT2D eigenvalue weighted by molar-refractivity contribution is -0.173. The Hall–Kier alpha value is -0.520. The first kappa shape index (κ1) is 12.9. The van der Waals surface area contributed by atoms with E-state index in [0.717, 1.165) is 25.9 Å². The van der Waals surface area contributed by atoms with Gasteiger partial charge in [0.1, 0.15) is 0 Å². The normalized spacial score (nSPS) is 31.4. The first-order valence-corrected chi connectivity index (χ1v) is 7.10. The molecule has 2 saturated carbocycles. The third kappa shape index (κ3) is 2.23. The number of terminal acetylenes is 1. The monoisotopic (exact) mass is 235 g/mol. The molecular formula is C15H25NO. The summed E-state index contributed by atoms with van der Waals surface area (Å²) in [6, 6.07) is 0.852. The van der Waals surface area contributed by atoms with E-state index in [-0.39, 0.29) is 6.04 Å². The molecule has 0 aliphatic heterocycles. The minimum absolute atomic E-state index is 0.255. The van der Waals surface area contributed by atoms with E-state index in [1.165, 1.54) is 19.3 Å². The van der Waals surface area contributed by atoms with Crippen LogP contribution in [0.15, 0.2) is 0 Å². The van der Waals surface area contributed by atoms with Gasteiger partial charge in [0.15, 0.2) is 0 Å². The molecule has 0 aromatic rings. The van der Waals surface area contributed by atoms with Gasteiger partial charge in [-0.1, -0.05) is 25.7 Å². The zero-order valence-electron chi connectivity index (χ0n) is 11.2. The molecular weight excluding hydrogens is 210 g/mol. The molecule has 0 aromatic heterocycles. The molecule has 2 aliphatic rings. The molecule has 1 N–H and O–H groups in total. The van der Waals surface area contributed by atoms with E-state index >= 15 is 0 Å². The molecule has 17 heavy (non-hydrogen) atoms. The smallest absolute Gasteiger partial charge is 0.0689 e. The molecule has 0 bridgehead atoms. The Balaban J connectivity index is 1.89. The minimum Gasteiger partial charge on any atom is -0.378 e. The lowest BCUT2D eigenvalue weighted by Gasteiger charge is -2.61. The standard InChI is InChI=1S/C15H25NO/c1-4-8-12(5-2)16-13-11-14(17-6-3)15(13)9-7-10-15/h2,12-14,16H,4,6-11H2,1,3H3. The molecule has 0 heterocycles. The summed E-state index contributed by atoms with van der Waals surface area (Å²) in [5.74, 6) is 2.88. The molecule has 0 radical (unpaired) electrons. The zero-order valence-corrected chi connectivity index (χ0v) is 11.2. The van der Waals surface area contributed by atoms with Crippen LogP contribution in [0.1, 0.15) is 52.4 Å². The fourth-order valence-corrected chi connectivity index (χ4v) is 3.42. The SMILES string of the molecule is C#CC(CCC)NC1CC(OCC)C12CCC2. The second-order valence-corrected chi connectivity index (χ2v) is 5.49. The van der Waals surface area contributed by atoms with Crippen LogP contribution in [0.2, 0.25) is 0 Å². The minimum atomic E-state index is 0.255. The van der Waals surface area contributed by atoms with Gasteiger partial charge in [0.25, 0.3) is 0 Å². The molecule has 0 amide bonds. The largest absolute Gasteiger partial charge is 0.378 e. The summed E-state index contributed by atoms with van der Waals surface area (Å²) in [6.45, 7) is 5.12. The van der Waals surface area contributed by atoms with E-state index in [4.69, 9.17) is 11.2 Å². The summed E-state index contributed by atoms with van der Waals surface area (Å²) in [5.41, 5.74) is 0.429. The van der Waals surface area contributed by atoms with Crippen molar-refractivity contribution in [2.24, 2.45) is 5.41 Å². The molecule has 2 nitrogen and oxygen atoms in total. The van der Waals surface area contributed by atoms with Crippen molar-refractivity contribution < 1.29 is 4.74 Å². The molecule has 2 fully saturated rings. The average molecular weight is 235 g/mol. The van der Waals surface area contributed by atoms with Gasteiger partial charge >= 0.3 is 0 Å². The zero-order chi connectivity index (χ0) is 12.3. The number of hydrogen-bond acceptors (Lipinski definition) is 2. The second-order valence-electron chi connectivity index (χ2n) is 5.49. The summed E-state index contributed by atoms with van der Waals surface area (Å²) >= 11 is 0. The highest BCUT2D eigenvalue weighted by molar-refractivity contribution is 5.14. The van der Waals surface area contributed by atoms with Gasteiger partial charge in [-0.3, -0.25) is 0 Å². The van der Waals surface area contributed by atoms with Crippen molar-refractivity contribution in [2.75, 3.05) is 6.61 Å². The molecule has 0 aromatic carbocycles. The molecule has 2 aliphatic carbocycles. The van der Waals surface area contributed by atoms with Gasteiger partial charge in [0, 0.05) is 18.1 Å². The predicted molar refractivity (Wildman–Crippen MR) is 70.8 cm³/mol. The van der Waals surface area contributed by atoms with E-state index in [2.05, 4.69) is 25.1 Å². The van der Waals surface area contributed by atoms with Gasteiger partial charge < -0.3 is 10.1 Å². The van der Waals surface area contributed by atoms with Crippen LogP contribution in [0.5, 0.6) is 0 Å². The second kappa shape index (κ2) is 5.42. The summed E-state index contributed by atoms with van der Waals surface area (Å²) < 4.78 is 5.85. The summed E-state index contributed by atoms with van der Waals surface area (Å²) in [7, 11) is 0. The van der Waals surface area contributed by atoms with Gasteiger partial charge in [-0.15, -0.1) is 6.42 Å². The van der Waals surface area contributed by atoms with Crippen LogP contribution in [0, 0.1) is 17.8 Å². The number of rotatable bonds is 6. The first-order chi connectivity index (χ1) is 8.26. The first-order valence-electron chi connectivity index (χ1n) is 7.10. The van der Waals surface area contributed by atoms with Crippen molar-refractivity contribution in [2.45, 2.75) is 70.6 Å². The van der Waals surface area contributed by atoms with Crippen LogP contribution >= 0.6 is 0 Å². The molecule has 2 heteroatoms. The van der Waals surface area contributed by atoms with Crippen molar-refractivity contribution in [3.8, 4) is 12.3 Å². The van der Waals surface area contributed by atoms with Crippen LogP contribution in [0.3, 0.4) is 0 Å². The Kier molecular flexibility index (Phi) is 4.12. The molecule has 1 spiro atoms. The molecule has 96 valence electrons. The van der Waals surface area contributed by atoms with E-state index in [1.54, 1.807) is 0 Å². The summed E-state index contributed by atoms with van der Waals surface area (Å²) in [5, 5.41) is 3.67. The molecule has 3 unspecified atom stereocenters. The Bertz CT molecular complexity index is 290. The number of ether oxygens (including phenoxy) is 1. The van der Waals surface area contributed by atoms with Crippen molar-refractivity contribution in [1.29, 1.82) is 0 Å². The van der Waals surface area contributed by atoms with Gasteiger partial charge in [0.2, 0.25) is 0 Å². The van der Waals surface area contributed by atoms with Crippen molar-refractivity contribution >= 4 is 0 Å². The van der Waals surface area contributed by atoms with Crippen LogP contribution in [0.4, 0.5) is 0 Å². The van der Waals surface area contributed by atoms with E-state index in [0.29, 0.717) is 17.6 Å². The van der Waals surface area contributed by atoms with Gasteiger partial charge in [-0.25, -0.2) is 0 Å². The lowest BCUT2D eigenvalue weighted by atomic mass is 9.51. The topological polar surface area (TPSA) is 21.3 Å². The molecule has 2 rings (SSSR count). The Morgan fingerprint density at radius 2 is 2.24 bits per heavy atom. The Morgan fingerprint density at radius 3 is 2.71 bits per heavy atom. The van der Waals surface area contributed by atoms with Crippen LogP contribution < -0.4 is 5.32 Å². The van der Waals surface area contributed by atoms with Crippen molar-refractivity contribution in [3.63, 3.8) is 0 Å². The molecule has 0 saturated heterocycles. The van der Waals surface area contributed by atoms with Crippen LogP contribution in [0.25, 0.3) is 0 Å². The van der Waals surface area contributed by atoms with Gasteiger partial charge in [0.05, 0.1) is 12.1 Å². The highest BCUT2D eigenvalue weighted by atomic mass is 16.5. The van der Waals surface area contributed by atoms with E-state index < -0.39 is 0 Å². The third-order valence-corrected chi connectivity index (χ3v) is 4.62. The van der Waals surface area contributed by atoms with Crippen molar-refractivity contribution in [3.05, 3.63) is 0 Å². The van der Waals surface area contributed by atoms with Crippen LogP contribution in [-0.2, 0) is 4.74 Å². The highest BCUT2D eigenvalue weighted by Gasteiger charge is 2.58. The van der Waals surface area contributed by atoms with E-state index in [1.807, 2.05) is 0 Å². The molecule has 3 atom stereocenters. The average Bonchev–Trinajstić information content (AvgIpc) is 2.24. The third-order valence-electron chi connectivity index (χ3n) is 4.62. The quantitative estimate of drug-likeness (QED) is 0.715. The maximum Gasteiger partial charge on any atom is 0.0689 e. The van der Waals surface area contributed by atoms with Crippen LogP contribution in [-0.4, -0.2) is 24.8 Å². The fourth-order valence-electron chi connectivity index (χ4n) is 3.42. The predicted octanol–water partition coefficient (Wildman–Crippen LogP) is 2.73. The highest BCUT2D eigenvalue weighted by Crippen LogP contribution is 2.57.